The zero-order chi connectivity index (χ0) is 18.1. The molecule has 0 bridgehead atoms. The van der Waals surface area contributed by atoms with Gasteiger partial charge in [-0.2, -0.15) is 0 Å². The molecule has 3 heterocycles. The van der Waals surface area contributed by atoms with Crippen molar-refractivity contribution in [2.75, 3.05) is 5.32 Å². The Balaban J connectivity index is 1.71. The van der Waals surface area contributed by atoms with Gasteiger partial charge < -0.3 is 10.3 Å². The fourth-order valence-corrected chi connectivity index (χ4v) is 2.95. The summed E-state index contributed by atoms with van der Waals surface area (Å²) in [6.45, 7) is 1.98. The standard InChI is InChI=1S/C19H15ClFN5/c1-11(12-5-3-2-4-6-12)25-16-7-15(22-9-14(16)21)13-8-23-19-18(13)26-17(20)10-24-19/h2-11H,1H3,(H,22,25)(H,23,24)/t11-/m0/s1. The normalized spacial score (nSPS) is 12.3. The number of anilines is 1. The molecule has 26 heavy (non-hydrogen) atoms. The molecule has 4 rings (SSSR count). The molecule has 1 aromatic carbocycles. The SMILES string of the molecule is C[C@H](Nc1cc(-c2c[nH]c3ncc(Cl)nc23)ncc1F)c1ccccc1. The van der Waals surface area contributed by atoms with E-state index in [2.05, 4.69) is 25.3 Å². The highest BCUT2D eigenvalue weighted by Crippen LogP contribution is 2.29. The summed E-state index contributed by atoms with van der Waals surface area (Å²) in [7, 11) is 0. The first-order chi connectivity index (χ1) is 12.6. The van der Waals surface area contributed by atoms with Gasteiger partial charge in [-0.1, -0.05) is 41.9 Å². The lowest BCUT2D eigenvalue weighted by atomic mass is 10.1. The number of hydrogen-bond acceptors (Lipinski definition) is 4. The molecule has 4 aromatic rings. The number of pyridine rings is 1. The second-order valence-corrected chi connectivity index (χ2v) is 6.31. The van der Waals surface area contributed by atoms with Gasteiger partial charge in [-0.05, 0) is 18.6 Å². The predicted octanol–water partition coefficient (Wildman–Crippen LogP) is 4.99. The van der Waals surface area contributed by atoms with Crippen LogP contribution in [0, 0.1) is 5.82 Å². The molecule has 0 aliphatic rings. The van der Waals surface area contributed by atoms with E-state index in [-0.39, 0.29) is 11.2 Å². The summed E-state index contributed by atoms with van der Waals surface area (Å²) in [6.07, 6.45) is 4.41. The van der Waals surface area contributed by atoms with E-state index in [1.54, 1.807) is 12.3 Å². The Morgan fingerprint density at radius 1 is 1.15 bits per heavy atom. The van der Waals surface area contributed by atoms with Gasteiger partial charge in [-0.3, -0.25) is 4.98 Å². The first-order valence-corrected chi connectivity index (χ1v) is 8.46. The molecule has 7 heteroatoms. The average Bonchev–Trinajstić information content (AvgIpc) is 3.07. The Hall–Kier alpha value is -2.99. The number of halogens is 2. The molecule has 3 aromatic heterocycles. The van der Waals surface area contributed by atoms with Crippen LogP contribution in [0.25, 0.3) is 22.4 Å². The number of fused-ring (bicyclic) bond motifs is 1. The monoisotopic (exact) mass is 367 g/mol. The molecule has 1 atom stereocenters. The van der Waals surface area contributed by atoms with E-state index in [4.69, 9.17) is 11.6 Å². The molecular formula is C19H15ClFN5. The molecule has 2 N–H and O–H groups in total. The fourth-order valence-electron chi connectivity index (χ4n) is 2.82. The summed E-state index contributed by atoms with van der Waals surface area (Å²) in [6, 6.07) is 11.5. The van der Waals surface area contributed by atoms with E-state index in [0.29, 0.717) is 28.1 Å². The molecule has 0 unspecified atom stereocenters. The van der Waals surface area contributed by atoms with Crippen LogP contribution < -0.4 is 5.32 Å². The van der Waals surface area contributed by atoms with Gasteiger partial charge in [0.25, 0.3) is 0 Å². The Bertz CT molecular complexity index is 1060. The first-order valence-electron chi connectivity index (χ1n) is 8.09. The highest BCUT2D eigenvalue weighted by molar-refractivity contribution is 6.29. The summed E-state index contributed by atoms with van der Waals surface area (Å²) in [5.41, 5.74) is 3.93. The quantitative estimate of drug-likeness (QED) is 0.533. The second-order valence-electron chi connectivity index (χ2n) is 5.92. The predicted molar refractivity (Wildman–Crippen MR) is 101 cm³/mol. The largest absolute Gasteiger partial charge is 0.376 e. The van der Waals surface area contributed by atoms with Crippen molar-refractivity contribution in [3.63, 3.8) is 0 Å². The van der Waals surface area contributed by atoms with Gasteiger partial charge in [-0.25, -0.2) is 14.4 Å². The number of aromatic nitrogens is 4. The number of nitrogens with one attached hydrogen (secondary N) is 2. The van der Waals surface area contributed by atoms with Crippen molar-refractivity contribution in [1.29, 1.82) is 0 Å². The maximum absolute atomic E-state index is 14.3. The van der Waals surface area contributed by atoms with Gasteiger partial charge in [0.05, 0.1) is 23.8 Å². The summed E-state index contributed by atoms with van der Waals surface area (Å²) in [5, 5.41) is 3.49. The molecule has 0 spiro atoms. The van der Waals surface area contributed by atoms with Crippen molar-refractivity contribution < 1.29 is 4.39 Å². The summed E-state index contributed by atoms with van der Waals surface area (Å²) in [5.74, 6) is -0.416. The lowest BCUT2D eigenvalue weighted by Gasteiger charge is -2.16. The van der Waals surface area contributed by atoms with E-state index in [0.717, 1.165) is 5.56 Å². The Labute approximate surface area is 154 Å². The van der Waals surface area contributed by atoms with Gasteiger partial charge in [-0.15, -0.1) is 0 Å². The van der Waals surface area contributed by atoms with Crippen LogP contribution in [-0.2, 0) is 0 Å². The van der Waals surface area contributed by atoms with Crippen molar-refractivity contribution >= 4 is 28.5 Å². The fraction of sp³-hybridized carbons (Fsp3) is 0.105. The molecule has 0 saturated carbocycles. The van der Waals surface area contributed by atoms with Crippen LogP contribution in [0.1, 0.15) is 18.5 Å². The highest BCUT2D eigenvalue weighted by Gasteiger charge is 2.14. The summed E-state index contributed by atoms with van der Waals surface area (Å²) < 4.78 is 14.3. The number of hydrogen-bond donors (Lipinski definition) is 2. The number of benzene rings is 1. The molecule has 0 fully saturated rings. The summed E-state index contributed by atoms with van der Waals surface area (Å²) in [4.78, 5) is 15.7. The number of H-pyrrole nitrogens is 1. The van der Waals surface area contributed by atoms with Crippen molar-refractivity contribution in [2.45, 2.75) is 13.0 Å². The van der Waals surface area contributed by atoms with Crippen molar-refractivity contribution in [3.05, 3.63) is 71.5 Å². The molecule has 0 radical (unpaired) electrons. The van der Waals surface area contributed by atoms with Crippen molar-refractivity contribution in [2.24, 2.45) is 0 Å². The average molecular weight is 368 g/mol. The lowest BCUT2D eigenvalue weighted by Crippen LogP contribution is -2.08. The van der Waals surface area contributed by atoms with Crippen LogP contribution >= 0.6 is 11.6 Å². The minimum absolute atomic E-state index is 0.0573. The van der Waals surface area contributed by atoms with Crippen LogP contribution in [0.5, 0.6) is 0 Å². The third kappa shape index (κ3) is 3.11. The van der Waals surface area contributed by atoms with E-state index < -0.39 is 5.82 Å². The molecule has 130 valence electrons. The Morgan fingerprint density at radius 2 is 1.96 bits per heavy atom. The maximum atomic E-state index is 14.3. The van der Waals surface area contributed by atoms with Crippen LogP contribution in [-0.4, -0.2) is 19.9 Å². The Morgan fingerprint density at radius 3 is 2.77 bits per heavy atom. The number of aromatic amines is 1. The van der Waals surface area contributed by atoms with Crippen molar-refractivity contribution in [3.8, 4) is 11.3 Å². The van der Waals surface area contributed by atoms with E-state index in [1.165, 1.54) is 12.4 Å². The van der Waals surface area contributed by atoms with Crippen molar-refractivity contribution in [1.82, 2.24) is 19.9 Å². The van der Waals surface area contributed by atoms with Gasteiger partial charge in [0.2, 0.25) is 0 Å². The molecule has 0 aliphatic carbocycles. The highest BCUT2D eigenvalue weighted by atomic mass is 35.5. The Kier molecular flexibility index (Phi) is 4.26. The van der Waals surface area contributed by atoms with Crippen LogP contribution in [0.2, 0.25) is 5.15 Å². The number of nitrogens with zero attached hydrogens (tertiary/aromatic N) is 3. The molecule has 5 nitrogen and oxygen atoms in total. The topological polar surface area (TPSA) is 66.5 Å². The van der Waals surface area contributed by atoms with Gasteiger partial charge in [0.15, 0.2) is 11.5 Å². The molecule has 0 saturated heterocycles. The second kappa shape index (κ2) is 6.72. The molecule has 0 aliphatic heterocycles. The third-order valence-corrected chi connectivity index (χ3v) is 4.34. The first kappa shape index (κ1) is 16.5. The number of rotatable bonds is 4. The lowest BCUT2D eigenvalue weighted by molar-refractivity contribution is 0.621. The zero-order valence-corrected chi connectivity index (χ0v) is 14.6. The van der Waals surface area contributed by atoms with Crippen LogP contribution in [0.3, 0.4) is 0 Å². The van der Waals surface area contributed by atoms with Crippen LogP contribution in [0.4, 0.5) is 10.1 Å². The maximum Gasteiger partial charge on any atom is 0.164 e. The zero-order valence-electron chi connectivity index (χ0n) is 13.9. The summed E-state index contributed by atoms with van der Waals surface area (Å²) >= 11 is 5.95. The minimum atomic E-state index is -0.416. The van der Waals surface area contributed by atoms with Gasteiger partial charge in [0, 0.05) is 17.8 Å². The van der Waals surface area contributed by atoms with E-state index >= 15 is 0 Å². The van der Waals surface area contributed by atoms with Crippen LogP contribution in [0.15, 0.2) is 55.0 Å². The van der Waals surface area contributed by atoms with Gasteiger partial charge in [0.1, 0.15) is 10.7 Å². The van der Waals surface area contributed by atoms with Gasteiger partial charge >= 0.3 is 0 Å². The third-order valence-electron chi connectivity index (χ3n) is 4.15. The molecule has 0 amide bonds. The smallest absolute Gasteiger partial charge is 0.164 e. The minimum Gasteiger partial charge on any atom is -0.376 e. The molecular weight excluding hydrogens is 353 g/mol. The van der Waals surface area contributed by atoms with E-state index in [1.807, 2.05) is 37.3 Å². The van der Waals surface area contributed by atoms with E-state index in [9.17, 15) is 4.39 Å².